The molecule has 0 amide bonds. The Balaban J connectivity index is 1.70. The molecule has 0 aliphatic carbocycles. The fourth-order valence-corrected chi connectivity index (χ4v) is 6.12. The largest absolute Gasteiger partial charge is 0.506 e. The second-order valence-electron chi connectivity index (χ2n) is 8.55. The van der Waals surface area contributed by atoms with Gasteiger partial charge in [0, 0.05) is 11.1 Å². The van der Waals surface area contributed by atoms with Gasteiger partial charge < -0.3 is 15.0 Å². The minimum Gasteiger partial charge on any atom is -0.506 e. The standard InChI is InChI=1S/C25H20FN3O6S2/c1-36(32,33)28-17-8-9-19-22(12-17)37(34,35)14-20(27-19)23-24(30)18-11-16(26)7-10-21(18)29(25(23)31)13-15-5-3-2-4-6-15/h2-12,14,27-28,30H,13H2,1H3. The van der Waals surface area contributed by atoms with Crippen molar-refractivity contribution >= 4 is 47.8 Å². The molecule has 5 rings (SSSR count). The van der Waals surface area contributed by atoms with E-state index in [0.29, 0.717) is 0 Å². The number of anilines is 2. The number of nitrogens with one attached hydrogen (secondary N) is 2. The van der Waals surface area contributed by atoms with Crippen molar-refractivity contribution in [3.63, 3.8) is 0 Å². The van der Waals surface area contributed by atoms with Crippen molar-refractivity contribution in [2.45, 2.75) is 11.4 Å². The second kappa shape index (κ2) is 8.75. The first kappa shape index (κ1) is 24.5. The van der Waals surface area contributed by atoms with Gasteiger partial charge in [-0.2, -0.15) is 0 Å². The second-order valence-corrected chi connectivity index (χ2v) is 12.1. The molecular formula is C25H20FN3O6S2. The maximum atomic E-state index is 14.2. The van der Waals surface area contributed by atoms with E-state index in [1.807, 2.05) is 6.07 Å². The van der Waals surface area contributed by atoms with Gasteiger partial charge in [0.2, 0.25) is 19.9 Å². The molecule has 0 unspecified atom stereocenters. The molecule has 0 fully saturated rings. The third-order valence-electron chi connectivity index (χ3n) is 5.79. The molecule has 9 nitrogen and oxygen atoms in total. The SMILES string of the molecule is CS(=O)(=O)Nc1ccc2c(c1)S(=O)(=O)C=C(c1c(O)c3cc(F)ccc3n(Cc3ccccc3)c1=O)N2. The van der Waals surface area contributed by atoms with Crippen LogP contribution in [0.5, 0.6) is 5.75 Å². The van der Waals surface area contributed by atoms with E-state index < -0.39 is 37.0 Å². The minimum atomic E-state index is -4.18. The van der Waals surface area contributed by atoms with Crippen LogP contribution in [-0.4, -0.2) is 32.8 Å². The number of pyridine rings is 1. The molecule has 4 aromatic rings. The summed E-state index contributed by atoms with van der Waals surface area (Å²) in [6.07, 6.45) is 0.934. The summed E-state index contributed by atoms with van der Waals surface area (Å²) in [5, 5.41) is 14.7. The molecule has 0 spiro atoms. The number of hydrogen-bond donors (Lipinski definition) is 3. The van der Waals surface area contributed by atoms with E-state index in [0.717, 1.165) is 29.4 Å². The highest BCUT2D eigenvalue weighted by atomic mass is 32.2. The summed E-state index contributed by atoms with van der Waals surface area (Å²) < 4.78 is 67.1. The van der Waals surface area contributed by atoms with Gasteiger partial charge in [-0.15, -0.1) is 0 Å². The van der Waals surface area contributed by atoms with Crippen LogP contribution in [0.3, 0.4) is 0 Å². The lowest BCUT2D eigenvalue weighted by atomic mass is 10.1. The number of halogens is 1. The van der Waals surface area contributed by atoms with Crippen LogP contribution < -0.4 is 15.6 Å². The molecule has 0 saturated heterocycles. The van der Waals surface area contributed by atoms with E-state index >= 15 is 0 Å². The topological polar surface area (TPSA) is 135 Å². The fourth-order valence-electron chi connectivity index (χ4n) is 4.23. The molecule has 12 heteroatoms. The quantitative estimate of drug-likeness (QED) is 0.352. The summed E-state index contributed by atoms with van der Waals surface area (Å²) >= 11 is 0. The van der Waals surface area contributed by atoms with Gasteiger partial charge >= 0.3 is 0 Å². The van der Waals surface area contributed by atoms with Gasteiger partial charge in [0.1, 0.15) is 17.1 Å². The lowest BCUT2D eigenvalue weighted by Crippen LogP contribution is -2.27. The summed E-state index contributed by atoms with van der Waals surface area (Å²) in [5.74, 6) is -1.22. The number of rotatable bonds is 5. The third kappa shape index (κ3) is 4.68. The predicted molar refractivity (Wildman–Crippen MR) is 139 cm³/mol. The maximum Gasteiger partial charge on any atom is 0.264 e. The first-order chi connectivity index (χ1) is 17.4. The van der Waals surface area contributed by atoms with Gasteiger partial charge in [0.05, 0.1) is 40.0 Å². The molecule has 3 aromatic carbocycles. The number of hydrogen-bond acceptors (Lipinski definition) is 7. The molecule has 1 aromatic heterocycles. The molecule has 0 saturated carbocycles. The number of sulfonamides is 1. The zero-order valence-electron chi connectivity index (χ0n) is 19.3. The van der Waals surface area contributed by atoms with Gasteiger partial charge in [0.25, 0.3) is 5.56 Å². The molecule has 3 N–H and O–H groups in total. The summed E-state index contributed by atoms with van der Waals surface area (Å²) in [6, 6.07) is 16.5. The Labute approximate surface area is 211 Å². The van der Waals surface area contributed by atoms with Gasteiger partial charge in [-0.3, -0.25) is 9.52 Å². The van der Waals surface area contributed by atoms with Crippen LogP contribution in [0.25, 0.3) is 16.6 Å². The average Bonchev–Trinajstić information content (AvgIpc) is 2.82. The van der Waals surface area contributed by atoms with Crippen molar-refractivity contribution in [1.29, 1.82) is 0 Å². The zero-order chi connectivity index (χ0) is 26.5. The van der Waals surface area contributed by atoms with Crippen molar-refractivity contribution in [2.24, 2.45) is 0 Å². The van der Waals surface area contributed by atoms with Gasteiger partial charge in [-0.25, -0.2) is 21.2 Å². The van der Waals surface area contributed by atoms with Crippen LogP contribution in [0.4, 0.5) is 15.8 Å². The van der Waals surface area contributed by atoms with Crippen LogP contribution in [0, 0.1) is 5.82 Å². The predicted octanol–water partition coefficient (Wildman–Crippen LogP) is 3.46. The summed E-state index contributed by atoms with van der Waals surface area (Å²) in [6.45, 7) is 0.0895. The molecule has 37 heavy (non-hydrogen) atoms. The van der Waals surface area contributed by atoms with Crippen LogP contribution in [-0.2, 0) is 26.4 Å². The van der Waals surface area contributed by atoms with E-state index in [9.17, 15) is 31.1 Å². The minimum absolute atomic E-state index is 0.0316. The van der Waals surface area contributed by atoms with E-state index in [2.05, 4.69) is 10.0 Å². The highest BCUT2D eigenvalue weighted by molar-refractivity contribution is 7.94. The first-order valence-corrected chi connectivity index (χ1v) is 14.3. The fraction of sp³-hybridized carbons (Fsp3) is 0.0800. The lowest BCUT2D eigenvalue weighted by molar-refractivity contribution is 0.476. The Morgan fingerprint density at radius 1 is 1.05 bits per heavy atom. The Morgan fingerprint density at radius 3 is 2.49 bits per heavy atom. The number of sulfone groups is 1. The normalized spacial score (nSPS) is 14.5. The van der Waals surface area contributed by atoms with Crippen LogP contribution >= 0.6 is 0 Å². The molecule has 0 radical (unpaired) electrons. The van der Waals surface area contributed by atoms with Crippen LogP contribution in [0.1, 0.15) is 11.1 Å². The van der Waals surface area contributed by atoms with Crippen molar-refractivity contribution in [3.05, 3.63) is 99.4 Å². The molecule has 0 bridgehead atoms. The Bertz CT molecular complexity index is 1880. The Kier molecular flexibility index (Phi) is 5.80. The Hall–Kier alpha value is -4.16. The van der Waals surface area contributed by atoms with Crippen molar-refractivity contribution in [1.82, 2.24) is 4.57 Å². The molecule has 190 valence electrons. The van der Waals surface area contributed by atoms with Gasteiger partial charge in [0.15, 0.2) is 0 Å². The van der Waals surface area contributed by atoms with E-state index in [1.54, 1.807) is 24.3 Å². The number of aromatic hydroxyl groups is 1. The molecule has 0 atom stereocenters. The summed E-state index contributed by atoms with van der Waals surface area (Å²) in [5.41, 5.74) is -0.0855. The van der Waals surface area contributed by atoms with Crippen molar-refractivity contribution in [3.8, 4) is 5.75 Å². The number of aromatic nitrogens is 1. The van der Waals surface area contributed by atoms with Gasteiger partial charge in [-0.1, -0.05) is 30.3 Å². The molecule has 1 aliphatic heterocycles. The third-order valence-corrected chi connectivity index (χ3v) is 7.89. The molecular weight excluding hydrogens is 521 g/mol. The average molecular weight is 542 g/mol. The Morgan fingerprint density at radius 2 is 1.78 bits per heavy atom. The molecule has 2 heterocycles. The first-order valence-electron chi connectivity index (χ1n) is 10.9. The maximum absolute atomic E-state index is 14.2. The van der Waals surface area contributed by atoms with Crippen LogP contribution in [0.2, 0.25) is 0 Å². The smallest absolute Gasteiger partial charge is 0.264 e. The lowest BCUT2D eigenvalue weighted by Gasteiger charge is -2.22. The summed E-state index contributed by atoms with van der Waals surface area (Å²) in [4.78, 5) is 13.5. The van der Waals surface area contributed by atoms with Crippen LogP contribution in [0.15, 0.2) is 81.8 Å². The summed E-state index contributed by atoms with van der Waals surface area (Å²) in [7, 11) is -7.83. The highest BCUT2D eigenvalue weighted by Gasteiger charge is 2.29. The zero-order valence-corrected chi connectivity index (χ0v) is 20.9. The van der Waals surface area contributed by atoms with E-state index in [1.165, 1.54) is 28.8 Å². The van der Waals surface area contributed by atoms with Gasteiger partial charge in [-0.05, 0) is 42.0 Å². The van der Waals surface area contributed by atoms with E-state index in [-0.39, 0.29) is 45.0 Å². The number of benzene rings is 3. The number of fused-ring (bicyclic) bond motifs is 2. The molecule has 1 aliphatic rings. The number of nitrogens with zero attached hydrogens (tertiary/aromatic N) is 1. The van der Waals surface area contributed by atoms with Crippen molar-refractivity contribution in [2.75, 3.05) is 16.3 Å². The van der Waals surface area contributed by atoms with Crippen molar-refractivity contribution < 1.29 is 26.3 Å². The highest BCUT2D eigenvalue weighted by Crippen LogP contribution is 2.38. The monoisotopic (exact) mass is 541 g/mol. The van der Waals surface area contributed by atoms with E-state index in [4.69, 9.17) is 0 Å².